The molecule has 0 saturated heterocycles. The number of nitrogens with zero attached hydrogens (tertiary/aromatic N) is 2. The predicted molar refractivity (Wildman–Crippen MR) is 78.1 cm³/mol. The molecule has 0 radical (unpaired) electrons. The Kier molecular flexibility index (Phi) is 5.00. The number of benzene rings is 1. The third-order valence-electron chi connectivity index (χ3n) is 2.53. The molecule has 0 atom stereocenters. The lowest BCUT2D eigenvalue weighted by molar-refractivity contribution is 0.586. The van der Waals surface area contributed by atoms with Crippen LogP contribution in [0.15, 0.2) is 22.8 Å². The van der Waals surface area contributed by atoms with Gasteiger partial charge in [0.05, 0.1) is 6.20 Å². The van der Waals surface area contributed by atoms with Crippen LogP contribution in [-0.4, -0.2) is 16.5 Å². The molecular formula is C13H12BrF3N4. The van der Waals surface area contributed by atoms with Crippen molar-refractivity contribution in [2.24, 2.45) is 0 Å². The number of hydrogen-bond acceptors (Lipinski definition) is 4. The molecule has 0 bridgehead atoms. The van der Waals surface area contributed by atoms with Crippen molar-refractivity contribution < 1.29 is 13.2 Å². The van der Waals surface area contributed by atoms with Gasteiger partial charge in [0.1, 0.15) is 5.69 Å². The van der Waals surface area contributed by atoms with E-state index in [0.29, 0.717) is 6.54 Å². The van der Waals surface area contributed by atoms with E-state index >= 15 is 0 Å². The maximum atomic E-state index is 13.7. The summed E-state index contributed by atoms with van der Waals surface area (Å²) in [6.07, 6.45) is 1.77. The Morgan fingerprint density at radius 3 is 2.43 bits per heavy atom. The van der Waals surface area contributed by atoms with Crippen molar-refractivity contribution in [3.63, 3.8) is 0 Å². The first-order valence-electron chi connectivity index (χ1n) is 6.19. The van der Waals surface area contributed by atoms with Gasteiger partial charge in [-0.1, -0.05) is 22.9 Å². The summed E-state index contributed by atoms with van der Waals surface area (Å²) in [6.45, 7) is 2.55. The van der Waals surface area contributed by atoms with Crippen LogP contribution in [0.1, 0.15) is 13.3 Å². The molecule has 1 aromatic heterocycles. The zero-order valence-corrected chi connectivity index (χ0v) is 12.6. The van der Waals surface area contributed by atoms with Crippen LogP contribution in [0.5, 0.6) is 0 Å². The summed E-state index contributed by atoms with van der Waals surface area (Å²) in [5.74, 6) is -2.65. The van der Waals surface area contributed by atoms with Gasteiger partial charge in [0.2, 0.25) is 5.95 Å². The second-order valence-corrected chi connectivity index (χ2v) is 5.10. The Labute approximate surface area is 127 Å². The topological polar surface area (TPSA) is 49.8 Å². The highest BCUT2D eigenvalue weighted by atomic mass is 79.9. The van der Waals surface area contributed by atoms with Gasteiger partial charge in [-0.3, -0.25) is 0 Å². The summed E-state index contributed by atoms with van der Waals surface area (Å²) in [4.78, 5) is 7.60. The predicted octanol–water partition coefficient (Wildman–Crippen LogP) is 4.22. The molecule has 0 unspecified atom stereocenters. The van der Waals surface area contributed by atoms with Crippen molar-refractivity contribution >= 4 is 33.4 Å². The molecule has 0 aliphatic heterocycles. The first kappa shape index (κ1) is 15.6. The summed E-state index contributed by atoms with van der Waals surface area (Å²) in [7, 11) is 0. The van der Waals surface area contributed by atoms with Gasteiger partial charge < -0.3 is 10.6 Å². The van der Waals surface area contributed by atoms with Gasteiger partial charge in [0.15, 0.2) is 23.3 Å². The molecule has 21 heavy (non-hydrogen) atoms. The molecule has 0 aliphatic rings. The van der Waals surface area contributed by atoms with Crippen molar-refractivity contribution in [3.8, 4) is 0 Å². The highest BCUT2D eigenvalue weighted by Crippen LogP contribution is 2.27. The summed E-state index contributed by atoms with van der Waals surface area (Å²) in [5.41, 5.74) is -0.475. The van der Waals surface area contributed by atoms with E-state index in [1.165, 1.54) is 0 Å². The molecule has 2 N–H and O–H groups in total. The first-order valence-corrected chi connectivity index (χ1v) is 6.98. The van der Waals surface area contributed by atoms with Gasteiger partial charge in [-0.05, 0) is 18.6 Å². The maximum absolute atomic E-state index is 13.7. The smallest absolute Gasteiger partial charge is 0.224 e. The fraction of sp³-hybridized carbons (Fsp3) is 0.231. The molecule has 2 rings (SSSR count). The van der Waals surface area contributed by atoms with Crippen LogP contribution < -0.4 is 10.6 Å². The normalized spacial score (nSPS) is 10.5. The Balaban J connectivity index is 2.31. The van der Waals surface area contributed by atoms with Gasteiger partial charge in [-0.25, -0.2) is 18.2 Å². The minimum atomic E-state index is -0.858. The minimum Gasteiger partial charge on any atom is -0.354 e. The molecule has 4 nitrogen and oxygen atoms in total. The fourth-order valence-electron chi connectivity index (χ4n) is 1.56. The summed E-state index contributed by atoms with van der Waals surface area (Å²) >= 11 is 2.97. The SMILES string of the molecule is CCCNc1ncc(F)c(Nc2c(F)cc(Br)cc2F)n1. The summed E-state index contributed by atoms with van der Waals surface area (Å²) in [6, 6.07) is 2.14. The van der Waals surface area contributed by atoms with Gasteiger partial charge in [0, 0.05) is 11.0 Å². The lowest BCUT2D eigenvalue weighted by Crippen LogP contribution is -2.08. The first-order chi connectivity index (χ1) is 10.0. The van der Waals surface area contributed by atoms with E-state index in [0.717, 1.165) is 24.8 Å². The van der Waals surface area contributed by atoms with Crippen molar-refractivity contribution in [1.29, 1.82) is 0 Å². The number of anilines is 3. The van der Waals surface area contributed by atoms with Gasteiger partial charge in [0.25, 0.3) is 0 Å². The van der Waals surface area contributed by atoms with Crippen LogP contribution in [0.2, 0.25) is 0 Å². The van der Waals surface area contributed by atoms with Gasteiger partial charge >= 0.3 is 0 Å². The molecule has 1 heterocycles. The van der Waals surface area contributed by atoms with Crippen LogP contribution >= 0.6 is 15.9 Å². The molecule has 0 amide bonds. The molecule has 2 aromatic rings. The largest absolute Gasteiger partial charge is 0.354 e. The Hall–Kier alpha value is -1.83. The average molecular weight is 361 g/mol. The second kappa shape index (κ2) is 6.75. The molecule has 0 fully saturated rings. The van der Waals surface area contributed by atoms with Crippen LogP contribution in [0.4, 0.5) is 30.6 Å². The number of hydrogen-bond donors (Lipinski definition) is 2. The van der Waals surface area contributed by atoms with E-state index in [1.807, 2.05) is 6.92 Å². The standard InChI is InChI=1S/C13H12BrF3N4/c1-2-3-18-13-19-6-10(17)12(21-13)20-11-8(15)4-7(14)5-9(11)16/h4-6H,2-3H2,1H3,(H2,18,19,20,21). The van der Waals surface area contributed by atoms with Crippen molar-refractivity contribution in [3.05, 3.63) is 40.3 Å². The molecule has 1 aromatic carbocycles. The molecule has 8 heteroatoms. The molecular weight excluding hydrogens is 349 g/mol. The molecule has 112 valence electrons. The number of halogens is 4. The van der Waals surface area contributed by atoms with Crippen molar-refractivity contribution in [1.82, 2.24) is 9.97 Å². The van der Waals surface area contributed by atoms with Gasteiger partial charge in [-0.15, -0.1) is 0 Å². The van der Waals surface area contributed by atoms with Crippen LogP contribution in [0.25, 0.3) is 0 Å². The number of rotatable bonds is 5. The molecule has 0 aliphatic carbocycles. The van der Waals surface area contributed by atoms with Gasteiger partial charge in [-0.2, -0.15) is 4.98 Å². The summed E-state index contributed by atoms with van der Waals surface area (Å²) in [5, 5.41) is 5.18. The number of aromatic nitrogens is 2. The zero-order valence-electron chi connectivity index (χ0n) is 11.1. The third-order valence-corrected chi connectivity index (χ3v) is 2.99. The van der Waals surface area contributed by atoms with Crippen LogP contribution in [0.3, 0.4) is 0 Å². The van der Waals surface area contributed by atoms with E-state index < -0.39 is 23.1 Å². The zero-order chi connectivity index (χ0) is 15.4. The highest BCUT2D eigenvalue weighted by Gasteiger charge is 2.14. The van der Waals surface area contributed by atoms with Crippen LogP contribution in [0, 0.1) is 17.5 Å². The second-order valence-electron chi connectivity index (χ2n) is 4.19. The Morgan fingerprint density at radius 2 is 1.81 bits per heavy atom. The maximum Gasteiger partial charge on any atom is 0.224 e. The monoisotopic (exact) mass is 360 g/mol. The Morgan fingerprint density at radius 1 is 1.14 bits per heavy atom. The van der Waals surface area contributed by atoms with E-state index in [-0.39, 0.29) is 16.2 Å². The van der Waals surface area contributed by atoms with E-state index in [2.05, 4.69) is 36.5 Å². The lowest BCUT2D eigenvalue weighted by Gasteiger charge is -2.10. The summed E-state index contributed by atoms with van der Waals surface area (Å²) < 4.78 is 41.3. The highest BCUT2D eigenvalue weighted by molar-refractivity contribution is 9.10. The minimum absolute atomic E-state index is 0.179. The van der Waals surface area contributed by atoms with E-state index in [9.17, 15) is 13.2 Å². The quantitative estimate of drug-likeness (QED) is 0.837. The van der Waals surface area contributed by atoms with Crippen molar-refractivity contribution in [2.75, 3.05) is 17.2 Å². The number of nitrogens with one attached hydrogen (secondary N) is 2. The van der Waals surface area contributed by atoms with Crippen molar-refractivity contribution in [2.45, 2.75) is 13.3 Å². The van der Waals surface area contributed by atoms with E-state index in [1.54, 1.807) is 0 Å². The lowest BCUT2D eigenvalue weighted by atomic mass is 10.3. The fourth-order valence-corrected chi connectivity index (χ4v) is 1.96. The van der Waals surface area contributed by atoms with Crippen LogP contribution in [-0.2, 0) is 0 Å². The Bertz CT molecular complexity index is 628. The third kappa shape index (κ3) is 3.84. The van der Waals surface area contributed by atoms with E-state index in [4.69, 9.17) is 0 Å². The molecule has 0 spiro atoms. The average Bonchev–Trinajstić information content (AvgIpc) is 2.43. The molecule has 0 saturated carbocycles.